The Morgan fingerprint density at radius 3 is 2.19 bits per heavy atom. The van der Waals surface area contributed by atoms with E-state index in [4.69, 9.17) is 4.74 Å². The van der Waals surface area contributed by atoms with E-state index in [9.17, 15) is 9.59 Å². The number of hydrogen-bond donors (Lipinski definition) is 0. The van der Waals surface area contributed by atoms with Gasteiger partial charge in [-0.25, -0.2) is 0 Å². The number of carbonyl (C=O) groups excluding carboxylic acids is 2. The number of ketones is 1. The fourth-order valence-corrected chi connectivity index (χ4v) is 2.13. The summed E-state index contributed by atoms with van der Waals surface area (Å²) in [5, 5.41) is 0. The summed E-state index contributed by atoms with van der Waals surface area (Å²) < 4.78 is 5.51. The van der Waals surface area contributed by atoms with E-state index in [1.54, 1.807) is 0 Å². The molecule has 0 saturated heterocycles. The van der Waals surface area contributed by atoms with Gasteiger partial charge in [0.1, 0.15) is 11.5 Å². The first-order chi connectivity index (χ1) is 9.72. The van der Waals surface area contributed by atoms with E-state index < -0.39 is 0 Å². The van der Waals surface area contributed by atoms with E-state index >= 15 is 0 Å². The zero-order valence-corrected chi connectivity index (χ0v) is 13.9. The molecule has 0 atom stereocenters. The summed E-state index contributed by atoms with van der Waals surface area (Å²) in [6.45, 7) is 11.4. The zero-order valence-electron chi connectivity index (χ0n) is 13.9. The van der Waals surface area contributed by atoms with Gasteiger partial charge >= 0.3 is 5.97 Å². The standard InChI is InChI=1S/C18H26O3/c1-11(2)16(19)8-7-15-14(6)9-13(5)10-17(15)21-18(20)12(3)4/h9-12H,7-8H2,1-6H3. The summed E-state index contributed by atoms with van der Waals surface area (Å²) in [6, 6.07) is 3.93. The quantitative estimate of drug-likeness (QED) is 0.587. The molecule has 116 valence electrons. The van der Waals surface area contributed by atoms with Crippen molar-refractivity contribution in [1.29, 1.82) is 0 Å². The van der Waals surface area contributed by atoms with Crippen LogP contribution in [0.5, 0.6) is 5.75 Å². The van der Waals surface area contributed by atoms with E-state index in [1.165, 1.54) is 0 Å². The molecule has 1 aromatic rings. The lowest BCUT2D eigenvalue weighted by atomic mass is 9.96. The highest BCUT2D eigenvalue weighted by Gasteiger charge is 2.16. The minimum Gasteiger partial charge on any atom is -0.426 e. The highest BCUT2D eigenvalue weighted by Crippen LogP contribution is 2.27. The van der Waals surface area contributed by atoms with Crippen LogP contribution in [0.4, 0.5) is 0 Å². The molecule has 0 spiro atoms. The minimum atomic E-state index is -0.239. The Hall–Kier alpha value is -1.64. The maximum absolute atomic E-state index is 11.8. The van der Waals surface area contributed by atoms with E-state index in [2.05, 4.69) is 6.07 Å². The molecule has 0 aliphatic carbocycles. The van der Waals surface area contributed by atoms with Crippen molar-refractivity contribution < 1.29 is 14.3 Å². The van der Waals surface area contributed by atoms with Crippen molar-refractivity contribution >= 4 is 11.8 Å². The third-order valence-electron chi connectivity index (χ3n) is 3.52. The lowest BCUT2D eigenvalue weighted by Gasteiger charge is -2.15. The molecule has 21 heavy (non-hydrogen) atoms. The second kappa shape index (κ2) is 7.39. The molecule has 0 amide bonds. The van der Waals surface area contributed by atoms with Crippen LogP contribution >= 0.6 is 0 Å². The van der Waals surface area contributed by atoms with Gasteiger partial charge in [0.05, 0.1) is 5.92 Å². The summed E-state index contributed by atoms with van der Waals surface area (Å²) in [6.07, 6.45) is 1.09. The summed E-state index contributed by atoms with van der Waals surface area (Å²) in [5.41, 5.74) is 3.08. The molecule has 1 rings (SSSR count). The predicted octanol–water partition coefficient (Wildman–Crippen LogP) is 4.02. The molecule has 0 radical (unpaired) electrons. The summed E-state index contributed by atoms with van der Waals surface area (Å²) in [5.74, 6) is 0.462. The van der Waals surface area contributed by atoms with Crippen LogP contribution in [0.2, 0.25) is 0 Å². The van der Waals surface area contributed by atoms with Crippen LogP contribution in [-0.4, -0.2) is 11.8 Å². The Labute approximate surface area is 127 Å². The van der Waals surface area contributed by atoms with E-state index in [0.29, 0.717) is 18.6 Å². The number of hydrogen-bond acceptors (Lipinski definition) is 3. The van der Waals surface area contributed by atoms with Crippen molar-refractivity contribution in [2.45, 2.75) is 54.4 Å². The first-order valence-corrected chi connectivity index (χ1v) is 7.57. The molecular weight excluding hydrogens is 264 g/mol. The van der Waals surface area contributed by atoms with E-state index in [1.807, 2.05) is 47.6 Å². The molecule has 3 heteroatoms. The van der Waals surface area contributed by atoms with Crippen molar-refractivity contribution in [2.24, 2.45) is 11.8 Å². The lowest BCUT2D eigenvalue weighted by Crippen LogP contribution is -2.16. The number of benzene rings is 1. The number of Topliss-reactive ketones (excluding diaryl/α,β-unsaturated/α-hetero) is 1. The minimum absolute atomic E-state index is 0.0393. The Balaban J connectivity index is 3.00. The first-order valence-electron chi connectivity index (χ1n) is 7.57. The maximum Gasteiger partial charge on any atom is 0.313 e. The number of aryl methyl sites for hydroxylation is 2. The van der Waals surface area contributed by atoms with Crippen molar-refractivity contribution in [3.8, 4) is 5.75 Å². The zero-order chi connectivity index (χ0) is 16.2. The molecule has 0 unspecified atom stereocenters. The van der Waals surface area contributed by atoms with Crippen LogP contribution in [0.3, 0.4) is 0 Å². The number of carbonyl (C=O) groups is 2. The summed E-state index contributed by atoms with van der Waals surface area (Å²) in [7, 11) is 0. The van der Waals surface area contributed by atoms with E-state index in [0.717, 1.165) is 16.7 Å². The van der Waals surface area contributed by atoms with Gasteiger partial charge in [0.25, 0.3) is 0 Å². The monoisotopic (exact) mass is 290 g/mol. The summed E-state index contributed by atoms with van der Waals surface area (Å²) >= 11 is 0. The van der Waals surface area contributed by atoms with Gasteiger partial charge in [-0.1, -0.05) is 33.8 Å². The van der Waals surface area contributed by atoms with Crippen molar-refractivity contribution in [2.75, 3.05) is 0 Å². The Morgan fingerprint density at radius 2 is 1.67 bits per heavy atom. The Morgan fingerprint density at radius 1 is 1.05 bits per heavy atom. The average molecular weight is 290 g/mol. The van der Waals surface area contributed by atoms with Crippen molar-refractivity contribution in [3.05, 3.63) is 28.8 Å². The molecular formula is C18H26O3. The van der Waals surface area contributed by atoms with Crippen LogP contribution in [0, 0.1) is 25.7 Å². The number of ether oxygens (including phenoxy) is 1. The van der Waals surface area contributed by atoms with Gasteiger partial charge in [-0.3, -0.25) is 9.59 Å². The van der Waals surface area contributed by atoms with Gasteiger partial charge in [-0.05, 0) is 43.0 Å². The van der Waals surface area contributed by atoms with Crippen LogP contribution in [0.25, 0.3) is 0 Å². The van der Waals surface area contributed by atoms with Crippen LogP contribution < -0.4 is 4.74 Å². The third-order valence-corrected chi connectivity index (χ3v) is 3.52. The highest BCUT2D eigenvalue weighted by atomic mass is 16.5. The van der Waals surface area contributed by atoms with E-state index in [-0.39, 0.29) is 23.6 Å². The second-order valence-electron chi connectivity index (χ2n) is 6.26. The van der Waals surface area contributed by atoms with Crippen molar-refractivity contribution in [1.82, 2.24) is 0 Å². The fourth-order valence-electron chi connectivity index (χ4n) is 2.13. The fraction of sp³-hybridized carbons (Fsp3) is 0.556. The molecule has 0 aliphatic heterocycles. The van der Waals surface area contributed by atoms with Gasteiger partial charge in [0, 0.05) is 12.3 Å². The largest absolute Gasteiger partial charge is 0.426 e. The van der Waals surface area contributed by atoms with Gasteiger partial charge in [0.15, 0.2) is 0 Å². The molecule has 0 aliphatic rings. The van der Waals surface area contributed by atoms with Crippen LogP contribution in [0.15, 0.2) is 12.1 Å². The molecule has 3 nitrogen and oxygen atoms in total. The molecule has 0 heterocycles. The second-order valence-corrected chi connectivity index (χ2v) is 6.26. The molecule has 0 fully saturated rings. The molecule has 0 bridgehead atoms. The topological polar surface area (TPSA) is 43.4 Å². The lowest BCUT2D eigenvalue weighted by molar-refractivity contribution is -0.137. The van der Waals surface area contributed by atoms with Gasteiger partial charge in [0.2, 0.25) is 0 Å². The Bertz CT molecular complexity index is 528. The van der Waals surface area contributed by atoms with Gasteiger partial charge in [-0.2, -0.15) is 0 Å². The number of rotatable bonds is 6. The summed E-state index contributed by atoms with van der Waals surface area (Å²) in [4.78, 5) is 23.7. The SMILES string of the molecule is Cc1cc(C)c(CCC(=O)C(C)C)c(OC(=O)C(C)C)c1. The number of esters is 1. The predicted molar refractivity (Wildman–Crippen MR) is 84.6 cm³/mol. The van der Waals surface area contributed by atoms with Gasteiger partial charge < -0.3 is 4.74 Å². The first kappa shape index (κ1) is 17.4. The maximum atomic E-state index is 11.8. The average Bonchev–Trinajstić information content (AvgIpc) is 2.36. The smallest absolute Gasteiger partial charge is 0.313 e. The van der Waals surface area contributed by atoms with Gasteiger partial charge in [-0.15, -0.1) is 0 Å². The normalized spacial score (nSPS) is 11.0. The van der Waals surface area contributed by atoms with Crippen LogP contribution in [0.1, 0.15) is 50.8 Å². The Kier molecular flexibility index (Phi) is 6.13. The van der Waals surface area contributed by atoms with Crippen LogP contribution in [-0.2, 0) is 16.0 Å². The van der Waals surface area contributed by atoms with Crippen molar-refractivity contribution in [3.63, 3.8) is 0 Å². The third kappa shape index (κ3) is 5.00. The molecule has 1 aromatic carbocycles. The molecule has 0 N–H and O–H groups in total. The highest BCUT2D eigenvalue weighted by molar-refractivity contribution is 5.80. The molecule has 0 aromatic heterocycles. The molecule has 0 saturated carbocycles.